The molecule has 0 aliphatic carbocycles. The van der Waals surface area contributed by atoms with Gasteiger partial charge in [0, 0.05) is 11.1 Å². The van der Waals surface area contributed by atoms with E-state index in [-0.39, 0.29) is 22.3 Å². The van der Waals surface area contributed by atoms with Gasteiger partial charge in [0.25, 0.3) is 0 Å². The molecule has 2 aromatic carbocycles. The number of aromatic nitrogens is 4. The number of nitrogens with zero attached hydrogens (tertiary/aromatic N) is 4. The van der Waals surface area contributed by atoms with Crippen LogP contribution in [0.25, 0.3) is 21.9 Å². The summed E-state index contributed by atoms with van der Waals surface area (Å²) in [6.45, 7) is -0.723. The van der Waals surface area contributed by atoms with Crippen LogP contribution in [0.5, 0.6) is 0 Å². The highest BCUT2D eigenvalue weighted by Crippen LogP contribution is 2.55. The first kappa shape index (κ1) is 27.1. The van der Waals surface area contributed by atoms with Crippen molar-refractivity contribution in [2.45, 2.75) is 24.5 Å². The molecule has 1 aliphatic rings. The van der Waals surface area contributed by atoms with Gasteiger partial charge in [-0.15, -0.1) is 0 Å². The van der Waals surface area contributed by atoms with Crippen molar-refractivity contribution in [3.63, 3.8) is 0 Å². The molecule has 0 radical (unpaired) electrons. The van der Waals surface area contributed by atoms with Gasteiger partial charge in [0.15, 0.2) is 29.1 Å². The van der Waals surface area contributed by atoms with Crippen LogP contribution in [0.15, 0.2) is 48.8 Å². The lowest BCUT2D eigenvalue weighted by atomic mass is 10.1. The number of aliphatic hydroxyl groups is 2. The van der Waals surface area contributed by atoms with Crippen molar-refractivity contribution in [1.82, 2.24) is 19.5 Å². The van der Waals surface area contributed by atoms with Gasteiger partial charge in [0.2, 0.25) is 5.28 Å². The molecule has 202 valence electrons. The first-order chi connectivity index (χ1) is 17.9. The summed E-state index contributed by atoms with van der Waals surface area (Å²) < 4.78 is 34.7. The van der Waals surface area contributed by atoms with E-state index in [1.165, 1.54) is 10.9 Å². The number of halogens is 1. The number of aliphatic hydroxyl groups excluding tert-OH is 2. The number of fused-ring (bicyclic) bond motifs is 2. The molecule has 0 amide bonds. The third kappa shape index (κ3) is 5.61. The molecule has 4 aromatic rings. The fourth-order valence-corrected chi connectivity index (χ4v) is 6.92. The van der Waals surface area contributed by atoms with Crippen LogP contribution in [0, 0.1) is 0 Å². The van der Waals surface area contributed by atoms with E-state index in [9.17, 15) is 24.2 Å². The summed E-state index contributed by atoms with van der Waals surface area (Å²) in [5.41, 5.74) is 1.19. The Morgan fingerprint density at radius 3 is 2.55 bits per heavy atom. The maximum absolute atomic E-state index is 12.0. The predicted octanol–water partition coefficient (Wildman–Crippen LogP) is 2.33. The van der Waals surface area contributed by atoms with Gasteiger partial charge in [-0.3, -0.25) is 13.7 Å². The SMILES string of the molecule is O=P(O)(O)CP(=O)(O)OCC1OC(n2cnc3c(Nc4cccc5ccccc45)nc(Cl)nc32)C(O)C1O. The molecule has 5 atom stereocenters. The highest BCUT2D eigenvalue weighted by atomic mass is 35.5. The minimum Gasteiger partial charge on any atom is -0.387 e. The third-order valence-corrected chi connectivity index (χ3v) is 9.48. The van der Waals surface area contributed by atoms with Crippen LogP contribution >= 0.6 is 26.8 Å². The van der Waals surface area contributed by atoms with Gasteiger partial charge in [0.05, 0.1) is 12.9 Å². The number of rotatable bonds is 8. The first-order valence-electron chi connectivity index (χ1n) is 11.1. The Bertz CT molecular complexity index is 1590. The van der Waals surface area contributed by atoms with Crippen LogP contribution < -0.4 is 5.32 Å². The monoisotopic (exact) mass is 585 g/mol. The number of nitrogens with one attached hydrogen (secondary N) is 1. The van der Waals surface area contributed by atoms with E-state index in [1.807, 2.05) is 42.5 Å². The van der Waals surface area contributed by atoms with Crippen molar-refractivity contribution in [3.8, 4) is 0 Å². The lowest BCUT2D eigenvalue weighted by molar-refractivity contribution is -0.0483. The smallest absolute Gasteiger partial charge is 0.340 e. The molecule has 38 heavy (non-hydrogen) atoms. The van der Waals surface area contributed by atoms with Crippen LogP contribution in [0.4, 0.5) is 11.5 Å². The Labute approximate surface area is 219 Å². The van der Waals surface area contributed by atoms with Gasteiger partial charge in [-0.2, -0.15) is 9.97 Å². The number of hydrogen-bond acceptors (Lipinski definition) is 10. The van der Waals surface area contributed by atoms with Gasteiger partial charge >= 0.3 is 15.2 Å². The number of ether oxygens (including phenoxy) is 1. The molecule has 3 heterocycles. The summed E-state index contributed by atoms with van der Waals surface area (Å²) in [6.07, 6.45) is -4.37. The van der Waals surface area contributed by atoms with E-state index in [0.29, 0.717) is 0 Å². The minimum absolute atomic E-state index is 0.131. The van der Waals surface area contributed by atoms with Crippen LogP contribution in [0.2, 0.25) is 5.28 Å². The summed E-state index contributed by atoms with van der Waals surface area (Å²) in [4.78, 5) is 40.3. The summed E-state index contributed by atoms with van der Waals surface area (Å²) >= 11 is 6.19. The fraction of sp³-hybridized carbons (Fsp3) is 0.286. The molecular weight excluding hydrogens is 564 g/mol. The molecule has 0 spiro atoms. The number of benzene rings is 2. The van der Waals surface area contributed by atoms with Crippen LogP contribution in [-0.4, -0.2) is 75.2 Å². The van der Waals surface area contributed by atoms with Crippen molar-refractivity contribution in [2.75, 3.05) is 17.8 Å². The molecule has 5 rings (SSSR count). The average molecular weight is 586 g/mol. The standard InChI is InChI=1S/C21H22ClN5O9P2/c22-21-25-18(24-13-7-3-5-11-4-1-2-6-12(11)13)15-19(26-21)27(9-23-15)20-17(29)16(28)14(36-20)8-35-38(33,34)10-37(30,31)32/h1-7,9,14,16-17,20,28-29H,8,10H2,(H,33,34)(H,24,25,26)(H2,30,31,32). The second kappa shape index (κ2) is 10.2. The third-order valence-electron chi connectivity index (χ3n) is 5.85. The van der Waals surface area contributed by atoms with Crippen molar-refractivity contribution in [1.29, 1.82) is 0 Å². The molecule has 2 aromatic heterocycles. The minimum atomic E-state index is -4.84. The zero-order valence-corrected chi connectivity index (χ0v) is 21.8. The van der Waals surface area contributed by atoms with Crippen LogP contribution in [0.3, 0.4) is 0 Å². The Kier molecular flexibility index (Phi) is 7.31. The molecule has 1 fully saturated rings. The van der Waals surface area contributed by atoms with Gasteiger partial charge < -0.3 is 39.5 Å². The maximum Gasteiger partial charge on any atom is 0.340 e. The molecule has 5 unspecified atom stereocenters. The van der Waals surface area contributed by atoms with Crippen LogP contribution in [0.1, 0.15) is 6.23 Å². The Balaban J connectivity index is 1.41. The first-order valence-corrected chi connectivity index (χ1v) is 15.0. The second-order valence-corrected chi connectivity index (χ2v) is 12.9. The summed E-state index contributed by atoms with van der Waals surface area (Å²) in [7, 11) is -9.54. The van der Waals surface area contributed by atoms with Gasteiger partial charge in [-0.05, 0) is 23.1 Å². The number of hydrogen-bond donors (Lipinski definition) is 6. The predicted molar refractivity (Wildman–Crippen MR) is 136 cm³/mol. The van der Waals surface area contributed by atoms with Crippen molar-refractivity contribution >= 4 is 60.2 Å². The van der Waals surface area contributed by atoms with E-state index < -0.39 is 52.2 Å². The zero-order chi connectivity index (χ0) is 27.2. The van der Waals surface area contributed by atoms with E-state index in [0.717, 1.165) is 16.5 Å². The average Bonchev–Trinajstić information content (AvgIpc) is 3.37. The van der Waals surface area contributed by atoms with E-state index in [2.05, 4.69) is 20.3 Å². The van der Waals surface area contributed by atoms with Crippen molar-refractivity contribution in [3.05, 3.63) is 54.1 Å². The van der Waals surface area contributed by atoms with E-state index >= 15 is 0 Å². The van der Waals surface area contributed by atoms with Crippen LogP contribution in [-0.2, 0) is 18.4 Å². The van der Waals surface area contributed by atoms with Crippen molar-refractivity contribution < 1.29 is 43.3 Å². The van der Waals surface area contributed by atoms with E-state index in [4.69, 9.17) is 30.6 Å². The Hall–Kier alpha value is -2.48. The zero-order valence-electron chi connectivity index (χ0n) is 19.3. The normalized spacial score (nSPS) is 23.6. The lowest BCUT2D eigenvalue weighted by Crippen LogP contribution is -2.33. The summed E-state index contributed by atoms with van der Waals surface area (Å²) in [6, 6.07) is 13.4. The molecule has 1 saturated heterocycles. The Morgan fingerprint density at radius 1 is 1.05 bits per heavy atom. The number of imidazole rings is 1. The molecule has 6 N–H and O–H groups in total. The highest BCUT2D eigenvalue weighted by molar-refractivity contribution is 7.70. The van der Waals surface area contributed by atoms with E-state index in [1.54, 1.807) is 0 Å². The molecule has 0 saturated carbocycles. The highest BCUT2D eigenvalue weighted by Gasteiger charge is 2.45. The largest absolute Gasteiger partial charge is 0.387 e. The fourth-order valence-electron chi connectivity index (χ4n) is 4.19. The topological polar surface area (TPSA) is 209 Å². The molecule has 17 heteroatoms. The molecule has 14 nitrogen and oxygen atoms in total. The molecule has 0 bridgehead atoms. The molecule has 1 aliphatic heterocycles. The van der Waals surface area contributed by atoms with Crippen molar-refractivity contribution in [2.24, 2.45) is 0 Å². The van der Waals surface area contributed by atoms with Gasteiger partial charge in [-0.25, -0.2) is 4.98 Å². The molecular formula is C21H22ClN5O9P2. The summed E-state index contributed by atoms with van der Waals surface area (Å²) in [5.74, 6) is -1.12. The lowest BCUT2D eigenvalue weighted by Gasteiger charge is -2.18. The quantitative estimate of drug-likeness (QED) is 0.130. The maximum atomic E-state index is 12.0. The number of anilines is 2. The second-order valence-electron chi connectivity index (χ2n) is 8.60. The van der Waals surface area contributed by atoms with Gasteiger partial charge in [0.1, 0.15) is 18.3 Å². The Morgan fingerprint density at radius 2 is 1.79 bits per heavy atom. The van der Waals surface area contributed by atoms with Gasteiger partial charge in [-0.1, -0.05) is 36.4 Å². The summed E-state index contributed by atoms with van der Waals surface area (Å²) in [5, 5.41) is 26.1.